The first-order valence-corrected chi connectivity index (χ1v) is 6.40. The average molecular weight is 332 g/mol. The van der Waals surface area contributed by atoms with Crippen molar-refractivity contribution in [3.05, 3.63) is 57.9 Å². The molecular formula is C16H7F7. The van der Waals surface area contributed by atoms with Crippen molar-refractivity contribution in [2.75, 3.05) is 0 Å². The summed E-state index contributed by atoms with van der Waals surface area (Å²) >= 11 is 0. The Morgan fingerprint density at radius 2 is 0.913 bits per heavy atom. The molecule has 0 heterocycles. The first-order valence-electron chi connectivity index (χ1n) is 6.40. The number of fused-ring (bicyclic) bond motifs is 2. The summed E-state index contributed by atoms with van der Waals surface area (Å²) in [6, 6.07) is 0.569. The summed E-state index contributed by atoms with van der Waals surface area (Å²) in [5.74, 6) is -12.2. The molecule has 0 saturated carbocycles. The molecular weight excluding hydrogens is 325 g/mol. The molecule has 0 amide bonds. The van der Waals surface area contributed by atoms with Gasteiger partial charge in [-0.15, -0.1) is 0 Å². The zero-order chi connectivity index (χ0) is 17.2. The highest BCUT2D eigenvalue weighted by Gasteiger charge is 2.27. The highest BCUT2D eigenvalue weighted by Crippen LogP contribution is 2.37. The molecule has 0 spiro atoms. The minimum Gasteiger partial charge on any atom is -0.206 e. The molecule has 0 saturated heterocycles. The third kappa shape index (κ3) is 1.85. The summed E-state index contributed by atoms with van der Waals surface area (Å²) in [4.78, 5) is 0. The zero-order valence-electron chi connectivity index (χ0n) is 11.7. The maximum atomic E-state index is 14.5. The second kappa shape index (κ2) is 4.84. The van der Waals surface area contributed by atoms with Crippen LogP contribution in [0.25, 0.3) is 21.5 Å². The molecule has 0 nitrogen and oxygen atoms in total. The van der Waals surface area contributed by atoms with E-state index in [4.69, 9.17) is 0 Å². The maximum Gasteiger partial charge on any atom is 0.198 e. The van der Waals surface area contributed by atoms with E-state index in [1.165, 1.54) is 13.8 Å². The highest BCUT2D eigenvalue weighted by molar-refractivity contribution is 6.00. The van der Waals surface area contributed by atoms with Crippen molar-refractivity contribution in [2.45, 2.75) is 13.8 Å². The number of benzene rings is 3. The molecule has 0 radical (unpaired) electrons. The van der Waals surface area contributed by atoms with Gasteiger partial charge in [0.25, 0.3) is 0 Å². The Bertz CT molecular complexity index is 928. The summed E-state index contributed by atoms with van der Waals surface area (Å²) in [5.41, 5.74) is -0.381. The summed E-state index contributed by atoms with van der Waals surface area (Å²) in [5, 5.41) is -3.90. The molecule has 0 N–H and O–H groups in total. The van der Waals surface area contributed by atoms with Gasteiger partial charge >= 0.3 is 0 Å². The summed E-state index contributed by atoms with van der Waals surface area (Å²) in [6.07, 6.45) is 0. The number of rotatable bonds is 0. The van der Waals surface area contributed by atoms with Gasteiger partial charge in [0.1, 0.15) is 17.5 Å². The Morgan fingerprint density at radius 1 is 0.478 bits per heavy atom. The molecule has 0 aliphatic heterocycles. The number of hydrogen-bond acceptors (Lipinski definition) is 0. The van der Waals surface area contributed by atoms with Crippen molar-refractivity contribution < 1.29 is 30.7 Å². The fourth-order valence-corrected chi connectivity index (χ4v) is 2.56. The lowest BCUT2D eigenvalue weighted by atomic mass is 9.96. The van der Waals surface area contributed by atoms with Crippen LogP contribution in [-0.2, 0) is 0 Å². The largest absolute Gasteiger partial charge is 0.206 e. The van der Waals surface area contributed by atoms with Crippen LogP contribution in [0.4, 0.5) is 30.7 Å². The van der Waals surface area contributed by atoms with Crippen LogP contribution in [0, 0.1) is 54.6 Å². The predicted molar refractivity (Wildman–Crippen MR) is 70.6 cm³/mol. The smallest absolute Gasteiger partial charge is 0.198 e. The van der Waals surface area contributed by atoms with E-state index in [1.54, 1.807) is 0 Å². The van der Waals surface area contributed by atoms with Crippen LogP contribution in [0.5, 0.6) is 0 Å². The van der Waals surface area contributed by atoms with Crippen LogP contribution in [-0.4, -0.2) is 0 Å². The van der Waals surface area contributed by atoms with Crippen molar-refractivity contribution in [1.82, 2.24) is 0 Å². The summed E-state index contributed by atoms with van der Waals surface area (Å²) in [7, 11) is 0. The van der Waals surface area contributed by atoms with E-state index in [0.717, 1.165) is 0 Å². The number of halogens is 7. The van der Waals surface area contributed by atoms with Gasteiger partial charge in [0.05, 0.1) is 10.8 Å². The molecule has 3 aromatic carbocycles. The number of hydrogen-bond donors (Lipinski definition) is 0. The van der Waals surface area contributed by atoms with Crippen molar-refractivity contribution >= 4 is 21.5 Å². The molecule has 3 rings (SSSR count). The van der Waals surface area contributed by atoms with Gasteiger partial charge in [-0.1, -0.05) is 0 Å². The topological polar surface area (TPSA) is 0 Å². The Hall–Kier alpha value is -2.31. The molecule has 0 unspecified atom stereocenters. The Kier molecular flexibility index (Phi) is 3.28. The first kappa shape index (κ1) is 15.6. The molecule has 0 aliphatic rings. The van der Waals surface area contributed by atoms with E-state index in [0.29, 0.717) is 6.07 Å². The summed E-state index contributed by atoms with van der Waals surface area (Å²) < 4.78 is 97.2. The van der Waals surface area contributed by atoms with Crippen molar-refractivity contribution in [3.8, 4) is 0 Å². The molecule has 0 aromatic heterocycles. The van der Waals surface area contributed by atoms with Gasteiger partial charge in [0.15, 0.2) is 23.3 Å². The SMILES string of the molecule is Cc1c(C)c(F)c2c(F)c3c(F)c(F)c(F)c(F)c3cc2c1F. The molecule has 0 bridgehead atoms. The van der Waals surface area contributed by atoms with E-state index in [-0.39, 0.29) is 11.1 Å². The van der Waals surface area contributed by atoms with Gasteiger partial charge in [0.2, 0.25) is 0 Å². The first-order chi connectivity index (χ1) is 10.7. The van der Waals surface area contributed by atoms with Crippen molar-refractivity contribution in [3.63, 3.8) is 0 Å². The third-order valence-electron chi connectivity index (χ3n) is 3.98. The van der Waals surface area contributed by atoms with E-state index in [2.05, 4.69) is 0 Å². The highest BCUT2D eigenvalue weighted by atomic mass is 19.2. The zero-order valence-corrected chi connectivity index (χ0v) is 11.7. The second-order valence-electron chi connectivity index (χ2n) is 5.17. The van der Waals surface area contributed by atoms with Gasteiger partial charge in [0, 0.05) is 10.8 Å². The fraction of sp³-hybridized carbons (Fsp3) is 0.125. The van der Waals surface area contributed by atoms with E-state index >= 15 is 0 Å². The third-order valence-corrected chi connectivity index (χ3v) is 3.98. The van der Waals surface area contributed by atoms with Crippen LogP contribution in [0.2, 0.25) is 0 Å². The Balaban J connectivity index is 2.73. The van der Waals surface area contributed by atoms with Crippen LogP contribution in [0.1, 0.15) is 11.1 Å². The van der Waals surface area contributed by atoms with E-state index in [9.17, 15) is 30.7 Å². The minimum absolute atomic E-state index is 0.155. The lowest BCUT2D eigenvalue weighted by Gasteiger charge is -2.13. The van der Waals surface area contributed by atoms with Gasteiger partial charge in [-0.3, -0.25) is 0 Å². The average Bonchev–Trinajstić information content (AvgIpc) is 2.53. The predicted octanol–water partition coefficient (Wildman–Crippen LogP) is 5.58. The van der Waals surface area contributed by atoms with Gasteiger partial charge < -0.3 is 0 Å². The van der Waals surface area contributed by atoms with E-state index < -0.39 is 62.3 Å². The Labute approximate surface area is 125 Å². The maximum absolute atomic E-state index is 14.5. The van der Waals surface area contributed by atoms with Crippen molar-refractivity contribution in [1.29, 1.82) is 0 Å². The lowest BCUT2D eigenvalue weighted by Crippen LogP contribution is -2.03. The lowest BCUT2D eigenvalue weighted by molar-refractivity contribution is 0.416. The summed E-state index contributed by atoms with van der Waals surface area (Å²) in [6.45, 7) is 2.40. The molecule has 23 heavy (non-hydrogen) atoms. The Morgan fingerprint density at radius 3 is 1.52 bits per heavy atom. The molecule has 7 heteroatoms. The van der Waals surface area contributed by atoms with Crippen LogP contribution in [0.15, 0.2) is 6.07 Å². The molecule has 0 aliphatic carbocycles. The molecule has 0 atom stereocenters. The normalized spacial score (nSPS) is 11.7. The molecule has 120 valence electrons. The monoisotopic (exact) mass is 332 g/mol. The van der Waals surface area contributed by atoms with Crippen LogP contribution >= 0.6 is 0 Å². The van der Waals surface area contributed by atoms with E-state index in [1.807, 2.05) is 0 Å². The van der Waals surface area contributed by atoms with Crippen molar-refractivity contribution in [2.24, 2.45) is 0 Å². The molecule has 3 aromatic rings. The fourth-order valence-electron chi connectivity index (χ4n) is 2.56. The minimum atomic E-state index is -2.22. The standard InChI is InChI=1S/C16H7F7/c1-4-5(2)11(18)8-6(10(4)17)3-7-9(13(8)20)14(21)16(23)15(22)12(7)19/h3H,1-2H3. The second-order valence-corrected chi connectivity index (χ2v) is 5.17. The molecule has 0 fully saturated rings. The van der Waals surface area contributed by atoms with Gasteiger partial charge in [-0.05, 0) is 31.0 Å². The van der Waals surface area contributed by atoms with Crippen LogP contribution < -0.4 is 0 Å². The van der Waals surface area contributed by atoms with Gasteiger partial charge in [-0.2, -0.15) is 0 Å². The van der Waals surface area contributed by atoms with Gasteiger partial charge in [-0.25, -0.2) is 30.7 Å². The van der Waals surface area contributed by atoms with Crippen LogP contribution in [0.3, 0.4) is 0 Å². The quantitative estimate of drug-likeness (QED) is 0.218.